The number of aryl methyl sites for hydroxylation is 1. The molecule has 3 N–H and O–H groups in total. The van der Waals surface area contributed by atoms with Gasteiger partial charge in [-0.25, -0.2) is 9.67 Å². The number of carbonyl (C=O) groups is 2. The van der Waals surface area contributed by atoms with E-state index < -0.39 is 5.91 Å². The van der Waals surface area contributed by atoms with Crippen molar-refractivity contribution in [3.8, 4) is 0 Å². The van der Waals surface area contributed by atoms with Crippen molar-refractivity contribution in [1.82, 2.24) is 20.0 Å². The van der Waals surface area contributed by atoms with Gasteiger partial charge in [-0.3, -0.25) is 9.59 Å². The average Bonchev–Trinajstić information content (AvgIpc) is 3.09. The molecule has 3 aromatic rings. The fourth-order valence-electron chi connectivity index (χ4n) is 2.04. The maximum atomic E-state index is 12.2. The number of nitrogens with two attached hydrogens (primary N) is 1. The monoisotopic (exact) mass is 362 g/mol. The second-order valence-electron chi connectivity index (χ2n) is 4.93. The molecule has 0 aliphatic carbocycles. The predicted molar refractivity (Wildman–Crippen MR) is 92.9 cm³/mol. The Morgan fingerprint density at radius 1 is 1.38 bits per heavy atom. The molecule has 0 aliphatic rings. The predicted octanol–water partition coefficient (Wildman–Crippen LogP) is 1.41. The number of carbonyl (C=O) groups excluding carboxylic acids is 2. The standard InChI is InChI=1S/C14H14N6O2S2/c1-8-13(23-7-11(15)21)24-14(16-8)17-12(22)6-20-10-5-3-2-4-9(10)18-19-20/h2-5H,6-7H2,1H3,(H2,15,21)(H,16,17,22). The SMILES string of the molecule is Cc1nc(NC(=O)Cn2nnc3ccccc32)sc1SCC(N)=O. The molecule has 2 heterocycles. The lowest BCUT2D eigenvalue weighted by atomic mass is 10.3. The smallest absolute Gasteiger partial charge is 0.247 e. The molecule has 124 valence electrons. The Balaban J connectivity index is 1.66. The molecule has 0 unspecified atom stereocenters. The highest BCUT2D eigenvalue weighted by atomic mass is 32.2. The summed E-state index contributed by atoms with van der Waals surface area (Å²) in [6.45, 7) is 1.86. The zero-order chi connectivity index (χ0) is 17.1. The number of anilines is 1. The van der Waals surface area contributed by atoms with Crippen molar-refractivity contribution < 1.29 is 9.59 Å². The van der Waals surface area contributed by atoms with Gasteiger partial charge in [0.05, 0.1) is 21.2 Å². The minimum Gasteiger partial charge on any atom is -0.369 e. The largest absolute Gasteiger partial charge is 0.369 e. The fraction of sp³-hybridized carbons (Fsp3) is 0.214. The lowest BCUT2D eigenvalue weighted by Gasteiger charge is -2.02. The Labute approximate surface area is 145 Å². The molecular weight excluding hydrogens is 348 g/mol. The molecule has 0 atom stereocenters. The van der Waals surface area contributed by atoms with Gasteiger partial charge in [0.1, 0.15) is 12.1 Å². The van der Waals surface area contributed by atoms with Crippen LogP contribution in [0.25, 0.3) is 11.0 Å². The topological polar surface area (TPSA) is 116 Å². The summed E-state index contributed by atoms with van der Waals surface area (Å²) in [5, 5.41) is 11.2. The maximum absolute atomic E-state index is 12.2. The highest BCUT2D eigenvalue weighted by Gasteiger charge is 2.13. The normalized spacial score (nSPS) is 10.9. The van der Waals surface area contributed by atoms with Crippen LogP contribution in [0.5, 0.6) is 0 Å². The van der Waals surface area contributed by atoms with Gasteiger partial charge in [-0.2, -0.15) is 0 Å². The zero-order valence-electron chi connectivity index (χ0n) is 12.7. The number of rotatable bonds is 6. The van der Waals surface area contributed by atoms with Crippen molar-refractivity contribution in [2.75, 3.05) is 11.1 Å². The van der Waals surface area contributed by atoms with Crippen LogP contribution in [0.1, 0.15) is 5.69 Å². The molecule has 10 heteroatoms. The van der Waals surface area contributed by atoms with E-state index in [4.69, 9.17) is 5.73 Å². The lowest BCUT2D eigenvalue weighted by molar-refractivity contribution is -0.117. The molecule has 0 saturated carbocycles. The van der Waals surface area contributed by atoms with Crippen LogP contribution in [0.15, 0.2) is 28.5 Å². The van der Waals surface area contributed by atoms with Crippen LogP contribution in [-0.4, -0.2) is 37.5 Å². The summed E-state index contributed by atoms with van der Waals surface area (Å²) >= 11 is 2.63. The number of fused-ring (bicyclic) bond motifs is 1. The third kappa shape index (κ3) is 3.71. The van der Waals surface area contributed by atoms with Crippen molar-refractivity contribution in [3.63, 3.8) is 0 Å². The van der Waals surface area contributed by atoms with Crippen LogP contribution < -0.4 is 11.1 Å². The third-order valence-electron chi connectivity index (χ3n) is 3.06. The van der Waals surface area contributed by atoms with E-state index in [1.807, 2.05) is 31.2 Å². The number of nitrogens with zero attached hydrogens (tertiary/aromatic N) is 4. The summed E-state index contributed by atoms with van der Waals surface area (Å²) in [5.74, 6) is -0.455. The van der Waals surface area contributed by atoms with E-state index in [1.165, 1.54) is 27.8 Å². The Hall–Kier alpha value is -2.46. The molecule has 0 aliphatic heterocycles. The van der Waals surface area contributed by atoms with Gasteiger partial charge < -0.3 is 11.1 Å². The van der Waals surface area contributed by atoms with E-state index in [1.54, 1.807) is 0 Å². The summed E-state index contributed by atoms with van der Waals surface area (Å²) in [5.41, 5.74) is 7.42. The van der Waals surface area contributed by atoms with E-state index >= 15 is 0 Å². The summed E-state index contributed by atoms with van der Waals surface area (Å²) in [7, 11) is 0. The lowest BCUT2D eigenvalue weighted by Crippen LogP contribution is -2.19. The van der Waals surface area contributed by atoms with Crippen LogP contribution in [0.4, 0.5) is 5.13 Å². The van der Waals surface area contributed by atoms with E-state index in [0.29, 0.717) is 5.13 Å². The molecule has 24 heavy (non-hydrogen) atoms. The Bertz CT molecular complexity index is 904. The highest BCUT2D eigenvalue weighted by Crippen LogP contribution is 2.31. The first-order valence-corrected chi connectivity index (χ1v) is 8.80. The van der Waals surface area contributed by atoms with Crippen LogP contribution in [-0.2, 0) is 16.1 Å². The molecule has 2 aromatic heterocycles. The number of aromatic nitrogens is 4. The number of para-hydroxylation sites is 1. The molecule has 0 fully saturated rings. The summed E-state index contributed by atoms with van der Waals surface area (Å²) in [4.78, 5) is 27.3. The number of thioether (sulfide) groups is 1. The zero-order valence-corrected chi connectivity index (χ0v) is 14.4. The van der Waals surface area contributed by atoms with Crippen molar-refractivity contribution in [3.05, 3.63) is 30.0 Å². The molecular formula is C14H14N6O2S2. The molecule has 0 saturated heterocycles. The number of thiazole rings is 1. The number of nitrogens with one attached hydrogen (secondary N) is 1. The molecule has 0 spiro atoms. The summed E-state index contributed by atoms with van der Waals surface area (Å²) < 4.78 is 2.39. The summed E-state index contributed by atoms with van der Waals surface area (Å²) in [6, 6.07) is 7.43. The van der Waals surface area contributed by atoms with E-state index in [-0.39, 0.29) is 18.2 Å². The molecule has 8 nitrogen and oxygen atoms in total. The van der Waals surface area contributed by atoms with Crippen LogP contribution >= 0.6 is 23.1 Å². The molecule has 3 rings (SSSR count). The number of benzene rings is 1. The quantitative estimate of drug-likeness (QED) is 0.641. The first kappa shape index (κ1) is 16.4. The van der Waals surface area contributed by atoms with Gasteiger partial charge in [-0.1, -0.05) is 28.7 Å². The van der Waals surface area contributed by atoms with E-state index in [2.05, 4.69) is 20.6 Å². The third-order valence-corrected chi connectivity index (χ3v) is 5.52. The Kier molecular flexibility index (Phi) is 4.76. The molecule has 1 aromatic carbocycles. The van der Waals surface area contributed by atoms with Crippen LogP contribution in [0, 0.1) is 6.92 Å². The maximum Gasteiger partial charge on any atom is 0.247 e. The second-order valence-corrected chi connectivity index (χ2v) is 7.17. The second kappa shape index (κ2) is 6.97. The molecule has 0 bridgehead atoms. The highest BCUT2D eigenvalue weighted by molar-refractivity contribution is 8.01. The van der Waals surface area contributed by atoms with Gasteiger partial charge in [-0.05, 0) is 19.1 Å². The minimum absolute atomic E-state index is 0.0445. The first-order valence-electron chi connectivity index (χ1n) is 6.99. The van der Waals surface area contributed by atoms with Gasteiger partial charge in [-0.15, -0.1) is 16.9 Å². The van der Waals surface area contributed by atoms with Crippen molar-refractivity contribution in [2.24, 2.45) is 5.73 Å². The fourth-order valence-corrected chi connectivity index (χ4v) is 3.93. The number of primary amides is 1. The number of hydrogen-bond acceptors (Lipinski definition) is 7. The molecule has 0 radical (unpaired) electrons. The van der Waals surface area contributed by atoms with Gasteiger partial charge in [0.2, 0.25) is 11.8 Å². The molecule has 2 amide bonds. The van der Waals surface area contributed by atoms with E-state index in [9.17, 15) is 9.59 Å². The van der Waals surface area contributed by atoms with Gasteiger partial charge >= 0.3 is 0 Å². The van der Waals surface area contributed by atoms with Crippen molar-refractivity contribution in [2.45, 2.75) is 17.7 Å². The summed E-state index contributed by atoms with van der Waals surface area (Å²) in [6.07, 6.45) is 0. The van der Waals surface area contributed by atoms with Crippen LogP contribution in [0.2, 0.25) is 0 Å². The number of hydrogen-bond donors (Lipinski definition) is 2. The van der Waals surface area contributed by atoms with Crippen molar-refractivity contribution >= 4 is 51.1 Å². The van der Waals surface area contributed by atoms with Crippen LogP contribution in [0.3, 0.4) is 0 Å². The van der Waals surface area contributed by atoms with Crippen molar-refractivity contribution in [1.29, 1.82) is 0 Å². The number of amides is 2. The minimum atomic E-state index is -0.392. The average molecular weight is 362 g/mol. The first-order chi connectivity index (χ1) is 11.5. The van der Waals surface area contributed by atoms with E-state index in [0.717, 1.165) is 20.9 Å². The van der Waals surface area contributed by atoms with Gasteiger partial charge in [0.25, 0.3) is 0 Å². The van der Waals surface area contributed by atoms with Gasteiger partial charge in [0, 0.05) is 0 Å². The van der Waals surface area contributed by atoms with Gasteiger partial charge in [0.15, 0.2) is 5.13 Å². The Morgan fingerprint density at radius 2 is 2.17 bits per heavy atom. The Morgan fingerprint density at radius 3 is 2.96 bits per heavy atom.